The summed E-state index contributed by atoms with van der Waals surface area (Å²) >= 11 is 0. The van der Waals surface area contributed by atoms with Crippen molar-refractivity contribution in [2.75, 3.05) is 0 Å². The van der Waals surface area contributed by atoms with Crippen LogP contribution in [0.5, 0.6) is 0 Å². The molecule has 0 aliphatic carbocycles. The molecule has 0 fully saturated rings. The van der Waals surface area contributed by atoms with Crippen molar-refractivity contribution in [2.24, 2.45) is 0 Å². The average Bonchev–Trinajstić information content (AvgIpc) is 2.00. The second-order valence-electron chi connectivity index (χ2n) is 3.42. The maximum Gasteiger partial charge on any atom is 0.353 e. The molecule has 0 heterocycles. The zero-order valence-electron chi connectivity index (χ0n) is 8.46. The molecule has 7 heteroatoms. The number of hydrogen-bond acceptors (Lipinski definition) is 1. The van der Waals surface area contributed by atoms with Crippen LogP contribution in [0.3, 0.4) is 0 Å². The fourth-order valence-corrected chi connectivity index (χ4v) is 1.00. The topological polar surface area (TPSA) is 9.23 Å². The summed E-state index contributed by atoms with van der Waals surface area (Å²) in [6.45, 7) is 1.83. The third-order valence-electron chi connectivity index (χ3n) is 2.06. The van der Waals surface area contributed by atoms with E-state index in [1.54, 1.807) is 0 Å². The molecule has 1 atom stereocenters. The molecule has 0 saturated carbocycles. The highest BCUT2D eigenvalue weighted by Crippen LogP contribution is 2.42. The molecule has 0 bridgehead atoms. The van der Waals surface area contributed by atoms with Crippen LogP contribution in [-0.2, 0) is 4.74 Å². The Hall–Kier alpha value is -0.460. The van der Waals surface area contributed by atoms with Gasteiger partial charge in [0.05, 0.1) is 0 Å². The van der Waals surface area contributed by atoms with Crippen molar-refractivity contribution < 1.29 is 31.1 Å². The highest BCUT2D eigenvalue weighted by atomic mass is 19.3. The van der Waals surface area contributed by atoms with Gasteiger partial charge in [-0.2, -0.15) is 17.6 Å². The van der Waals surface area contributed by atoms with Crippen LogP contribution >= 0.6 is 0 Å². The predicted molar refractivity (Wildman–Crippen MR) is 41.4 cm³/mol. The van der Waals surface area contributed by atoms with Crippen molar-refractivity contribution in [3.05, 3.63) is 0 Å². The van der Waals surface area contributed by atoms with Crippen molar-refractivity contribution in [1.29, 1.82) is 0 Å². The van der Waals surface area contributed by atoms with E-state index in [0.29, 0.717) is 6.92 Å². The lowest BCUT2D eigenvalue weighted by atomic mass is 9.94. The van der Waals surface area contributed by atoms with Gasteiger partial charge in [0.1, 0.15) is 5.60 Å². The summed E-state index contributed by atoms with van der Waals surface area (Å²) in [6.07, 6.45) is -8.60. The van der Waals surface area contributed by atoms with E-state index in [1.807, 2.05) is 0 Å². The Morgan fingerprint density at radius 2 is 1.47 bits per heavy atom. The molecule has 1 unspecified atom stereocenters. The van der Waals surface area contributed by atoms with Gasteiger partial charge in [-0.3, -0.25) is 0 Å². The molecule has 0 rings (SSSR count). The van der Waals surface area contributed by atoms with Gasteiger partial charge in [0.2, 0.25) is 0 Å². The first-order chi connectivity index (χ1) is 6.46. The molecule has 15 heavy (non-hydrogen) atoms. The minimum Gasteiger partial charge on any atom is -0.308 e. The van der Waals surface area contributed by atoms with Gasteiger partial charge in [-0.05, 0) is 13.3 Å². The molecule has 92 valence electrons. The largest absolute Gasteiger partial charge is 0.353 e. The van der Waals surface area contributed by atoms with Gasteiger partial charge in [-0.15, -0.1) is 0 Å². The Morgan fingerprint density at radius 1 is 1.07 bits per heavy atom. The Morgan fingerprint density at radius 3 is 1.67 bits per heavy atom. The highest BCUT2D eigenvalue weighted by Gasteiger charge is 2.59. The van der Waals surface area contributed by atoms with E-state index in [4.69, 9.17) is 0 Å². The fraction of sp³-hybridized carbons (Fsp3) is 1.00. The summed E-state index contributed by atoms with van der Waals surface area (Å²) in [6, 6.07) is 0. The third-order valence-corrected chi connectivity index (χ3v) is 2.06. The lowest BCUT2D eigenvalue weighted by Gasteiger charge is -2.37. The van der Waals surface area contributed by atoms with Gasteiger partial charge in [0, 0.05) is 6.92 Å². The Labute approximate surface area is 83.4 Å². The summed E-state index contributed by atoms with van der Waals surface area (Å²) in [4.78, 5) is 0. The molecule has 0 aromatic carbocycles. The standard InChI is InChI=1S/C8H12F6O/c1-4-6(2,15-7(3,11)12)8(13,14)5(9)10/h5H,4H2,1-3H3. The SMILES string of the molecule is CCC(C)(OC(C)(F)F)C(F)(F)C(F)F. The van der Waals surface area contributed by atoms with Crippen LogP contribution in [0.1, 0.15) is 27.2 Å². The summed E-state index contributed by atoms with van der Waals surface area (Å²) in [5, 5.41) is 0. The van der Waals surface area contributed by atoms with E-state index in [2.05, 4.69) is 4.74 Å². The molecule has 0 aromatic rings. The Kier molecular flexibility index (Phi) is 4.06. The van der Waals surface area contributed by atoms with Crippen LogP contribution in [-0.4, -0.2) is 24.1 Å². The van der Waals surface area contributed by atoms with Crippen LogP contribution in [0.15, 0.2) is 0 Å². The lowest BCUT2D eigenvalue weighted by molar-refractivity contribution is -0.347. The van der Waals surface area contributed by atoms with Crippen molar-refractivity contribution in [1.82, 2.24) is 0 Å². The highest BCUT2D eigenvalue weighted by molar-refractivity contribution is 4.92. The minimum atomic E-state index is -4.62. The molecular formula is C8H12F6O. The quantitative estimate of drug-likeness (QED) is 0.664. The van der Waals surface area contributed by atoms with E-state index in [0.717, 1.165) is 6.92 Å². The van der Waals surface area contributed by atoms with E-state index in [1.165, 1.54) is 0 Å². The molecular weight excluding hydrogens is 226 g/mol. The van der Waals surface area contributed by atoms with E-state index in [-0.39, 0.29) is 6.92 Å². The number of alkyl halides is 6. The summed E-state index contributed by atoms with van der Waals surface area (Å²) < 4.78 is 78.4. The fourth-order valence-electron chi connectivity index (χ4n) is 1.00. The second-order valence-corrected chi connectivity index (χ2v) is 3.42. The predicted octanol–water partition coefficient (Wildman–Crippen LogP) is 3.68. The zero-order valence-corrected chi connectivity index (χ0v) is 8.46. The van der Waals surface area contributed by atoms with Crippen molar-refractivity contribution in [2.45, 2.75) is 51.2 Å². The monoisotopic (exact) mass is 238 g/mol. The maximum absolute atomic E-state index is 12.9. The Balaban J connectivity index is 5.01. The lowest BCUT2D eigenvalue weighted by Crippen LogP contribution is -2.54. The number of halogens is 6. The molecule has 1 nitrogen and oxygen atoms in total. The maximum atomic E-state index is 12.9. The first-order valence-corrected chi connectivity index (χ1v) is 4.20. The third kappa shape index (κ3) is 3.25. The van der Waals surface area contributed by atoms with Crippen LogP contribution in [0.2, 0.25) is 0 Å². The molecule has 0 saturated heterocycles. The molecule has 0 N–H and O–H groups in total. The van der Waals surface area contributed by atoms with Crippen molar-refractivity contribution in [3.8, 4) is 0 Å². The average molecular weight is 238 g/mol. The molecule has 0 aliphatic rings. The second kappa shape index (κ2) is 4.19. The van der Waals surface area contributed by atoms with E-state index in [9.17, 15) is 26.3 Å². The zero-order chi connectivity index (χ0) is 12.5. The van der Waals surface area contributed by atoms with Gasteiger partial charge < -0.3 is 4.74 Å². The number of rotatable bonds is 5. The molecule has 0 aromatic heterocycles. The molecule has 0 aliphatic heterocycles. The normalized spacial score (nSPS) is 18.0. The molecule has 0 amide bonds. The van der Waals surface area contributed by atoms with Crippen molar-refractivity contribution >= 4 is 0 Å². The van der Waals surface area contributed by atoms with Gasteiger partial charge in [-0.1, -0.05) is 6.92 Å². The van der Waals surface area contributed by atoms with E-state index >= 15 is 0 Å². The Bertz CT molecular complexity index is 212. The van der Waals surface area contributed by atoms with Gasteiger partial charge in [0.25, 0.3) is 0 Å². The van der Waals surface area contributed by atoms with Gasteiger partial charge in [-0.25, -0.2) is 8.78 Å². The smallest absolute Gasteiger partial charge is 0.308 e. The minimum absolute atomic E-state index is 0.225. The van der Waals surface area contributed by atoms with Crippen LogP contribution < -0.4 is 0 Å². The van der Waals surface area contributed by atoms with Crippen LogP contribution in [0, 0.1) is 0 Å². The summed E-state index contributed by atoms with van der Waals surface area (Å²) in [5.41, 5.74) is -2.89. The van der Waals surface area contributed by atoms with Crippen LogP contribution in [0.4, 0.5) is 26.3 Å². The first-order valence-electron chi connectivity index (χ1n) is 4.20. The van der Waals surface area contributed by atoms with Crippen molar-refractivity contribution in [3.63, 3.8) is 0 Å². The van der Waals surface area contributed by atoms with E-state index < -0.39 is 30.5 Å². The van der Waals surface area contributed by atoms with Gasteiger partial charge in [0.15, 0.2) is 0 Å². The molecule has 0 spiro atoms. The van der Waals surface area contributed by atoms with Gasteiger partial charge >= 0.3 is 18.5 Å². The summed E-state index contributed by atoms with van der Waals surface area (Å²) in [7, 11) is 0. The number of ether oxygens (including phenoxy) is 1. The summed E-state index contributed by atoms with van der Waals surface area (Å²) in [5.74, 6) is -4.62. The number of hydrogen-bond donors (Lipinski definition) is 0. The van der Waals surface area contributed by atoms with Crippen LogP contribution in [0.25, 0.3) is 0 Å². The first kappa shape index (κ1) is 14.5. The molecule has 0 radical (unpaired) electrons.